The molecule has 0 saturated carbocycles. The van der Waals surface area contributed by atoms with Crippen molar-refractivity contribution in [1.82, 2.24) is 4.98 Å². The summed E-state index contributed by atoms with van der Waals surface area (Å²) in [4.78, 5) is 4.00. The van der Waals surface area contributed by atoms with Crippen molar-refractivity contribution < 1.29 is 4.39 Å². The smallest absolute Gasteiger partial charge is 0.149 e. The van der Waals surface area contributed by atoms with Crippen molar-refractivity contribution in [2.45, 2.75) is 0 Å². The molecule has 18 heavy (non-hydrogen) atoms. The zero-order chi connectivity index (χ0) is 13.3. The molecule has 1 heterocycles. The molecular formula is C11H9Cl2FN4. The van der Waals surface area contributed by atoms with Gasteiger partial charge in [-0.15, -0.1) is 0 Å². The zero-order valence-corrected chi connectivity index (χ0v) is 10.6. The molecule has 1 aromatic heterocycles. The van der Waals surface area contributed by atoms with Crippen molar-refractivity contribution >= 4 is 46.2 Å². The van der Waals surface area contributed by atoms with Crippen LogP contribution in [0.4, 0.5) is 27.4 Å². The molecule has 2 rings (SSSR count). The summed E-state index contributed by atoms with van der Waals surface area (Å²) in [6.07, 6.45) is 0. The Bertz CT molecular complexity index is 581. The predicted molar refractivity (Wildman–Crippen MR) is 72.8 cm³/mol. The fourth-order valence-corrected chi connectivity index (χ4v) is 1.90. The summed E-state index contributed by atoms with van der Waals surface area (Å²) >= 11 is 11.8. The molecule has 5 N–H and O–H groups in total. The van der Waals surface area contributed by atoms with Gasteiger partial charge < -0.3 is 16.8 Å². The van der Waals surface area contributed by atoms with Gasteiger partial charge in [-0.2, -0.15) is 0 Å². The Labute approximate surface area is 113 Å². The van der Waals surface area contributed by atoms with E-state index in [4.69, 9.17) is 34.7 Å². The Kier molecular flexibility index (Phi) is 3.45. The van der Waals surface area contributed by atoms with Gasteiger partial charge in [0.25, 0.3) is 0 Å². The van der Waals surface area contributed by atoms with Gasteiger partial charge in [-0.3, -0.25) is 0 Å². The van der Waals surface area contributed by atoms with E-state index in [0.717, 1.165) is 12.1 Å². The summed E-state index contributed by atoms with van der Waals surface area (Å²) < 4.78 is 13.0. The molecule has 0 aliphatic rings. The van der Waals surface area contributed by atoms with Gasteiger partial charge in [-0.1, -0.05) is 23.2 Å². The van der Waals surface area contributed by atoms with E-state index in [9.17, 15) is 4.39 Å². The van der Waals surface area contributed by atoms with Crippen LogP contribution >= 0.6 is 23.2 Å². The van der Waals surface area contributed by atoms with Crippen molar-refractivity contribution in [2.75, 3.05) is 16.8 Å². The Hall–Kier alpha value is -1.72. The van der Waals surface area contributed by atoms with Gasteiger partial charge in [-0.05, 0) is 24.3 Å². The van der Waals surface area contributed by atoms with E-state index in [0.29, 0.717) is 17.2 Å². The minimum absolute atomic E-state index is 0.150. The summed E-state index contributed by atoms with van der Waals surface area (Å²) in [5.41, 5.74) is 11.8. The average molecular weight is 287 g/mol. The largest absolute Gasteiger partial charge is 0.396 e. The van der Waals surface area contributed by atoms with Gasteiger partial charge in [0.1, 0.15) is 17.5 Å². The first-order valence-corrected chi connectivity index (χ1v) is 5.66. The molecule has 0 amide bonds. The second kappa shape index (κ2) is 4.88. The van der Waals surface area contributed by atoms with Crippen molar-refractivity contribution in [3.8, 4) is 0 Å². The van der Waals surface area contributed by atoms with Crippen molar-refractivity contribution in [2.24, 2.45) is 0 Å². The summed E-state index contributed by atoms with van der Waals surface area (Å²) in [6.45, 7) is 0. The fraction of sp³-hybridized carbons (Fsp3) is 0. The van der Waals surface area contributed by atoms with E-state index in [-0.39, 0.29) is 15.9 Å². The lowest BCUT2D eigenvalue weighted by Gasteiger charge is -2.10. The highest BCUT2D eigenvalue weighted by Crippen LogP contribution is 2.33. The van der Waals surface area contributed by atoms with Gasteiger partial charge in [0.15, 0.2) is 0 Å². The Balaban J connectivity index is 2.37. The molecule has 0 saturated heterocycles. The number of halogens is 3. The van der Waals surface area contributed by atoms with Crippen molar-refractivity contribution in [1.29, 1.82) is 0 Å². The number of rotatable bonds is 2. The number of hydrogen-bond acceptors (Lipinski definition) is 4. The third-order valence-electron chi connectivity index (χ3n) is 2.22. The molecule has 0 bridgehead atoms. The van der Waals surface area contributed by atoms with Crippen LogP contribution in [0.1, 0.15) is 0 Å². The molecule has 2 aromatic rings. The molecule has 7 heteroatoms. The maximum absolute atomic E-state index is 13.0. The van der Waals surface area contributed by atoms with Crippen LogP contribution in [-0.2, 0) is 0 Å². The molecule has 1 aromatic carbocycles. The second-order valence-corrected chi connectivity index (χ2v) is 4.35. The number of aromatic nitrogens is 1. The molecule has 0 aliphatic carbocycles. The third kappa shape index (κ3) is 2.57. The summed E-state index contributed by atoms with van der Waals surface area (Å²) in [6, 6.07) is 5.50. The van der Waals surface area contributed by atoms with E-state index in [2.05, 4.69) is 10.3 Å². The molecule has 0 unspecified atom stereocenters. The van der Waals surface area contributed by atoms with Gasteiger partial charge in [0.05, 0.1) is 21.4 Å². The quantitative estimate of drug-likeness (QED) is 0.790. The van der Waals surface area contributed by atoms with E-state index in [1.54, 1.807) is 12.1 Å². The number of nitrogens with two attached hydrogens (primary N) is 2. The number of benzene rings is 1. The molecule has 94 valence electrons. The van der Waals surface area contributed by atoms with E-state index in [1.807, 2.05) is 0 Å². The average Bonchev–Trinajstić information content (AvgIpc) is 2.28. The van der Waals surface area contributed by atoms with Crippen LogP contribution in [0, 0.1) is 5.82 Å². The Morgan fingerprint density at radius 1 is 1.11 bits per heavy atom. The highest BCUT2D eigenvalue weighted by molar-refractivity contribution is 6.39. The first-order chi connectivity index (χ1) is 8.47. The van der Waals surface area contributed by atoms with E-state index < -0.39 is 5.82 Å². The van der Waals surface area contributed by atoms with Crippen molar-refractivity contribution in [3.63, 3.8) is 0 Å². The minimum Gasteiger partial charge on any atom is -0.396 e. The standard InChI is InChI=1S/C11H9Cl2FN4/c12-6-3-5(14)4-7(13)10(6)17-9-2-1-8(15)11(16)18-9/h1-4H,15H2,(H3,16,17,18). The van der Waals surface area contributed by atoms with E-state index >= 15 is 0 Å². The molecule has 4 nitrogen and oxygen atoms in total. The number of nitrogen functional groups attached to an aromatic ring is 2. The molecule has 0 fully saturated rings. The Morgan fingerprint density at radius 2 is 1.72 bits per heavy atom. The van der Waals surface area contributed by atoms with Crippen LogP contribution in [0.15, 0.2) is 24.3 Å². The summed E-state index contributed by atoms with van der Waals surface area (Å²) in [5, 5.41) is 3.16. The minimum atomic E-state index is -0.514. The number of pyridine rings is 1. The van der Waals surface area contributed by atoms with Gasteiger partial charge >= 0.3 is 0 Å². The highest BCUT2D eigenvalue weighted by atomic mass is 35.5. The molecular weight excluding hydrogens is 278 g/mol. The fourth-order valence-electron chi connectivity index (χ4n) is 1.34. The highest BCUT2D eigenvalue weighted by Gasteiger charge is 2.09. The SMILES string of the molecule is Nc1ccc(Nc2c(Cl)cc(F)cc2Cl)nc1N. The Morgan fingerprint density at radius 3 is 2.28 bits per heavy atom. The number of hydrogen-bond donors (Lipinski definition) is 3. The van der Waals surface area contributed by atoms with Crippen LogP contribution in [0.25, 0.3) is 0 Å². The van der Waals surface area contributed by atoms with Gasteiger partial charge in [-0.25, -0.2) is 9.37 Å². The van der Waals surface area contributed by atoms with Crippen LogP contribution in [0.2, 0.25) is 10.0 Å². The first-order valence-electron chi connectivity index (χ1n) is 4.91. The van der Waals surface area contributed by atoms with Gasteiger partial charge in [0, 0.05) is 0 Å². The molecule has 0 aliphatic heterocycles. The molecule has 0 atom stereocenters. The number of nitrogens with one attached hydrogen (secondary N) is 1. The maximum Gasteiger partial charge on any atom is 0.149 e. The normalized spacial score (nSPS) is 10.4. The molecule has 0 radical (unpaired) electrons. The van der Waals surface area contributed by atoms with Gasteiger partial charge in [0.2, 0.25) is 0 Å². The van der Waals surface area contributed by atoms with Crippen LogP contribution in [0.3, 0.4) is 0 Å². The third-order valence-corrected chi connectivity index (χ3v) is 2.81. The lowest BCUT2D eigenvalue weighted by Crippen LogP contribution is -2.01. The predicted octanol–water partition coefficient (Wildman–Crippen LogP) is 3.44. The second-order valence-electron chi connectivity index (χ2n) is 3.54. The first kappa shape index (κ1) is 12.7. The van der Waals surface area contributed by atoms with Crippen LogP contribution < -0.4 is 16.8 Å². The lowest BCUT2D eigenvalue weighted by atomic mass is 10.3. The number of nitrogens with zero attached hydrogens (tertiary/aromatic N) is 1. The number of anilines is 4. The molecule has 0 spiro atoms. The zero-order valence-electron chi connectivity index (χ0n) is 9.05. The summed E-state index contributed by atoms with van der Waals surface area (Å²) in [5.74, 6) is 0.0896. The monoisotopic (exact) mass is 286 g/mol. The lowest BCUT2D eigenvalue weighted by molar-refractivity contribution is 0.628. The van der Waals surface area contributed by atoms with Crippen LogP contribution in [0.5, 0.6) is 0 Å². The van der Waals surface area contributed by atoms with Crippen LogP contribution in [-0.4, -0.2) is 4.98 Å². The summed E-state index contributed by atoms with van der Waals surface area (Å²) in [7, 11) is 0. The van der Waals surface area contributed by atoms with E-state index in [1.165, 1.54) is 0 Å². The maximum atomic E-state index is 13.0. The topological polar surface area (TPSA) is 77.0 Å². The van der Waals surface area contributed by atoms with Crippen molar-refractivity contribution in [3.05, 3.63) is 40.1 Å².